The van der Waals surface area contributed by atoms with Crippen molar-refractivity contribution in [3.8, 4) is 0 Å². The molecule has 0 aromatic heterocycles. The van der Waals surface area contributed by atoms with Gasteiger partial charge in [0.15, 0.2) is 8.32 Å². The molecular formula is C23H38O4Si. The number of benzene rings is 1. The van der Waals surface area contributed by atoms with Gasteiger partial charge in [-0.25, -0.2) is 4.79 Å². The Labute approximate surface area is 172 Å². The van der Waals surface area contributed by atoms with E-state index in [-0.39, 0.29) is 28.9 Å². The van der Waals surface area contributed by atoms with E-state index in [1.807, 2.05) is 24.3 Å². The molecule has 0 spiro atoms. The first-order chi connectivity index (χ1) is 13.0. The molecule has 4 nitrogen and oxygen atoms in total. The van der Waals surface area contributed by atoms with Crippen LogP contribution in [-0.2, 0) is 25.3 Å². The molecule has 0 heterocycles. The maximum atomic E-state index is 11.5. The lowest BCUT2D eigenvalue weighted by molar-refractivity contribution is -0.134. The summed E-state index contributed by atoms with van der Waals surface area (Å²) in [6.07, 6.45) is 3.35. The average Bonchev–Trinajstić information content (AvgIpc) is 2.63. The van der Waals surface area contributed by atoms with Gasteiger partial charge in [0.1, 0.15) is 0 Å². The summed E-state index contributed by atoms with van der Waals surface area (Å²) in [7, 11) is -0.577. The van der Waals surface area contributed by atoms with Crippen molar-refractivity contribution in [3.05, 3.63) is 48.0 Å². The molecule has 3 atom stereocenters. The summed E-state index contributed by atoms with van der Waals surface area (Å²) in [4.78, 5) is 11.5. The topological polar surface area (TPSA) is 44.8 Å². The van der Waals surface area contributed by atoms with Crippen LogP contribution in [0.15, 0.2) is 42.5 Å². The summed E-state index contributed by atoms with van der Waals surface area (Å²) in [6, 6.07) is 10.2. The number of carbonyl (C=O) groups is 1. The minimum absolute atomic E-state index is 0.0300. The Balaban J connectivity index is 2.85. The zero-order valence-electron chi connectivity index (χ0n) is 18.8. The number of methoxy groups -OCH3 is 1. The van der Waals surface area contributed by atoms with E-state index in [0.717, 1.165) is 5.56 Å². The molecule has 158 valence electrons. The molecule has 0 unspecified atom stereocenters. The van der Waals surface area contributed by atoms with Crippen LogP contribution in [0.2, 0.25) is 18.1 Å². The standard InChI is InChI=1S/C23H38O4Si/c1-18(14-15-21(24)25-6)22(27-28(7,8)23(3,4)5)19(2)16-26-17-20-12-10-9-11-13-20/h9-15,18-19,22H,16-17H2,1-8H3/b15-14-/t18-,19-,22+/m0/s1. The molecule has 0 fully saturated rings. The quantitative estimate of drug-likeness (QED) is 0.288. The van der Waals surface area contributed by atoms with E-state index >= 15 is 0 Å². The zero-order valence-corrected chi connectivity index (χ0v) is 19.8. The van der Waals surface area contributed by atoms with E-state index in [9.17, 15) is 4.79 Å². The van der Waals surface area contributed by atoms with Crippen LogP contribution in [0.25, 0.3) is 0 Å². The Morgan fingerprint density at radius 1 is 1.14 bits per heavy atom. The second-order valence-corrected chi connectivity index (χ2v) is 13.8. The molecule has 0 saturated carbocycles. The lowest BCUT2D eigenvalue weighted by Gasteiger charge is -2.42. The van der Waals surface area contributed by atoms with E-state index in [0.29, 0.717) is 13.2 Å². The molecule has 1 aromatic carbocycles. The van der Waals surface area contributed by atoms with Crippen molar-refractivity contribution >= 4 is 14.3 Å². The van der Waals surface area contributed by atoms with Crippen LogP contribution in [0.3, 0.4) is 0 Å². The number of ether oxygens (including phenoxy) is 2. The highest BCUT2D eigenvalue weighted by molar-refractivity contribution is 6.74. The Bertz CT molecular complexity index is 619. The van der Waals surface area contributed by atoms with Crippen LogP contribution in [0.1, 0.15) is 40.2 Å². The monoisotopic (exact) mass is 406 g/mol. The van der Waals surface area contributed by atoms with Crippen molar-refractivity contribution in [1.29, 1.82) is 0 Å². The Morgan fingerprint density at radius 3 is 2.29 bits per heavy atom. The maximum Gasteiger partial charge on any atom is 0.330 e. The van der Waals surface area contributed by atoms with E-state index in [4.69, 9.17) is 13.9 Å². The Kier molecular flexibility index (Phi) is 9.61. The minimum Gasteiger partial charge on any atom is -0.466 e. The lowest BCUT2D eigenvalue weighted by atomic mass is 9.93. The van der Waals surface area contributed by atoms with Crippen molar-refractivity contribution in [3.63, 3.8) is 0 Å². The van der Waals surface area contributed by atoms with E-state index in [1.54, 1.807) is 0 Å². The number of hydrogen-bond donors (Lipinski definition) is 0. The van der Waals surface area contributed by atoms with Gasteiger partial charge in [-0.15, -0.1) is 0 Å². The molecular weight excluding hydrogens is 368 g/mol. The SMILES string of the molecule is COC(=O)/C=C\[C@H](C)[C@@H](O[Si](C)(C)C(C)(C)C)[C@@H](C)COCc1ccccc1. The normalized spacial score (nSPS) is 16.0. The Morgan fingerprint density at radius 2 is 1.75 bits per heavy atom. The molecule has 0 aliphatic heterocycles. The highest BCUT2D eigenvalue weighted by atomic mass is 28.4. The van der Waals surface area contributed by atoms with Crippen molar-refractivity contribution in [1.82, 2.24) is 0 Å². The summed E-state index contributed by atoms with van der Waals surface area (Å²) in [5, 5.41) is 0.113. The Hall–Kier alpha value is -1.43. The zero-order chi connectivity index (χ0) is 21.4. The van der Waals surface area contributed by atoms with Gasteiger partial charge < -0.3 is 13.9 Å². The minimum atomic E-state index is -1.97. The number of esters is 1. The van der Waals surface area contributed by atoms with Gasteiger partial charge in [0, 0.05) is 12.0 Å². The van der Waals surface area contributed by atoms with Gasteiger partial charge >= 0.3 is 5.97 Å². The first kappa shape index (κ1) is 24.6. The fourth-order valence-electron chi connectivity index (χ4n) is 2.70. The second-order valence-electron chi connectivity index (χ2n) is 9.06. The van der Waals surface area contributed by atoms with Crippen LogP contribution in [0.4, 0.5) is 0 Å². The molecule has 0 aliphatic carbocycles. The van der Waals surface area contributed by atoms with E-state index in [1.165, 1.54) is 13.2 Å². The molecule has 5 heteroatoms. The molecule has 0 N–H and O–H groups in total. The van der Waals surface area contributed by atoms with Gasteiger partial charge in [0.05, 0.1) is 26.4 Å². The molecule has 0 radical (unpaired) electrons. The second kappa shape index (κ2) is 10.9. The molecule has 28 heavy (non-hydrogen) atoms. The van der Waals surface area contributed by atoms with Crippen molar-refractivity contribution in [2.75, 3.05) is 13.7 Å². The van der Waals surface area contributed by atoms with Crippen LogP contribution < -0.4 is 0 Å². The molecule has 0 amide bonds. The smallest absolute Gasteiger partial charge is 0.330 e. The first-order valence-corrected chi connectivity index (χ1v) is 12.9. The predicted octanol–water partition coefficient (Wildman–Crippen LogP) is 5.60. The van der Waals surface area contributed by atoms with Crippen molar-refractivity contribution in [2.24, 2.45) is 11.8 Å². The van der Waals surface area contributed by atoms with Gasteiger partial charge in [-0.1, -0.05) is 71.0 Å². The average molecular weight is 407 g/mol. The van der Waals surface area contributed by atoms with Crippen molar-refractivity contribution < 1.29 is 18.7 Å². The summed E-state index contributed by atoms with van der Waals surface area (Å²) in [5.74, 6) is -0.0791. The highest BCUT2D eigenvalue weighted by Crippen LogP contribution is 2.39. The molecule has 0 bridgehead atoms. The third-order valence-electron chi connectivity index (χ3n) is 5.55. The van der Waals surface area contributed by atoms with Crippen LogP contribution in [0, 0.1) is 11.8 Å². The van der Waals surface area contributed by atoms with E-state index in [2.05, 4.69) is 59.8 Å². The lowest BCUT2D eigenvalue weighted by Crippen LogP contribution is -2.47. The first-order valence-electron chi connectivity index (χ1n) is 10.0. The highest BCUT2D eigenvalue weighted by Gasteiger charge is 2.41. The van der Waals surface area contributed by atoms with Crippen LogP contribution in [0.5, 0.6) is 0 Å². The molecule has 1 rings (SSSR count). The summed E-state index contributed by atoms with van der Waals surface area (Å²) < 4.78 is 17.5. The van der Waals surface area contributed by atoms with Crippen LogP contribution in [-0.4, -0.2) is 34.1 Å². The molecule has 0 saturated heterocycles. The fourth-order valence-corrected chi connectivity index (χ4v) is 4.18. The summed E-state index contributed by atoms with van der Waals surface area (Å²) in [5.41, 5.74) is 1.16. The summed E-state index contributed by atoms with van der Waals surface area (Å²) >= 11 is 0. The third kappa shape index (κ3) is 7.90. The predicted molar refractivity (Wildman–Crippen MR) is 118 cm³/mol. The molecule has 1 aromatic rings. The van der Waals surface area contributed by atoms with Crippen LogP contribution >= 0.6 is 0 Å². The number of carbonyl (C=O) groups excluding carboxylic acids is 1. The third-order valence-corrected chi connectivity index (χ3v) is 10.0. The van der Waals surface area contributed by atoms with Gasteiger partial charge in [0.2, 0.25) is 0 Å². The number of rotatable bonds is 10. The van der Waals surface area contributed by atoms with E-state index < -0.39 is 8.32 Å². The molecule has 0 aliphatic rings. The van der Waals surface area contributed by atoms with Gasteiger partial charge in [0.25, 0.3) is 0 Å². The maximum absolute atomic E-state index is 11.5. The summed E-state index contributed by atoms with van der Waals surface area (Å²) in [6.45, 7) is 16.7. The number of hydrogen-bond acceptors (Lipinski definition) is 4. The van der Waals surface area contributed by atoms with Gasteiger partial charge in [-0.3, -0.25) is 0 Å². The van der Waals surface area contributed by atoms with Crippen molar-refractivity contribution in [2.45, 2.75) is 65.5 Å². The van der Waals surface area contributed by atoms with Gasteiger partial charge in [-0.2, -0.15) is 0 Å². The fraction of sp³-hybridized carbons (Fsp3) is 0.609. The van der Waals surface area contributed by atoms with Gasteiger partial charge in [-0.05, 0) is 29.6 Å². The largest absolute Gasteiger partial charge is 0.466 e.